The van der Waals surface area contributed by atoms with E-state index in [9.17, 15) is 4.39 Å². The van der Waals surface area contributed by atoms with Crippen molar-refractivity contribution in [3.8, 4) is 0 Å². The van der Waals surface area contributed by atoms with Crippen LogP contribution in [0.25, 0.3) is 4.96 Å². The van der Waals surface area contributed by atoms with Gasteiger partial charge in [0.15, 0.2) is 10.8 Å². The van der Waals surface area contributed by atoms with Crippen LogP contribution < -0.4 is 10.6 Å². The van der Waals surface area contributed by atoms with E-state index in [2.05, 4.69) is 4.98 Å². The van der Waals surface area contributed by atoms with Crippen molar-refractivity contribution in [2.75, 3.05) is 18.5 Å². The molecule has 4 nitrogen and oxygen atoms in total. The van der Waals surface area contributed by atoms with Gasteiger partial charge in [-0.2, -0.15) is 0 Å². The first-order valence-electron chi connectivity index (χ1n) is 6.35. The van der Waals surface area contributed by atoms with Crippen molar-refractivity contribution >= 4 is 27.8 Å². The summed E-state index contributed by atoms with van der Waals surface area (Å²) in [7, 11) is 1.82. The van der Waals surface area contributed by atoms with Crippen LogP contribution in [0.4, 0.5) is 15.9 Å². The predicted octanol–water partition coefficient (Wildman–Crippen LogP) is 2.80. The maximum absolute atomic E-state index is 13.9. The standard InChI is InChI=1S/C14H15FN4S/c1-18(11-5-3-2-4-10(11)15)13-12(6-7-16)19-8-9-20-14(19)17-13/h2-5,8-9H,6-7,16H2,1H3. The van der Waals surface area contributed by atoms with Gasteiger partial charge in [0.2, 0.25) is 0 Å². The Morgan fingerprint density at radius 3 is 2.95 bits per heavy atom. The molecular weight excluding hydrogens is 275 g/mol. The Kier molecular flexibility index (Phi) is 3.42. The van der Waals surface area contributed by atoms with Gasteiger partial charge in [-0.1, -0.05) is 12.1 Å². The predicted molar refractivity (Wildman–Crippen MR) is 80.3 cm³/mol. The number of nitrogens with zero attached hydrogens (tertiary/aromatic N) is 3. The molecule has 0 radical (unpaired) electrons. The topological polar surface area (TPSA) is 46.6 Å². The molecule has 0 fully saturated rings. The van der Waals surface area contributed by atoms with E-state index < -0.39 is 0 Å². The van der Waals surface area contributed by atoms with Crippen LogP contribution in [-0.2, 0) is 6.42 Å². The first kappa shape index (κ1) is 13.1. The third-order valence-corrected chi connectivity index (χ3v) is 4.01. The Bertz CT molecular complexity index is 734. The fourth-order valence-electron chi connectivity index (χ4n) is 2.30. The Morgan fingerprint density at radius 1 is 1.40 bits per heavy atom. The molecule has 0 aliphatic heterocycles. The van der Waals surface area contributed by atoms with Crippen LogP contribution in [-0.4, -0.2) is 23.0 Å². The number of aromatic nitrogens is 2. The number of hydrogen-bond donors (Lipinski definition) is 1. The summed E-state index contributed by atoms with van der Waals surface area (Å²) in [6, 6.07) is 6.69. The van der Waals surface area contributed by atoms with Gasteiger partial charge in [0, 0.05) is 25.0 Å². The number of thiazole rings is 1. The number of halogens is 1. The minimum Gasteiger partial charge on any atom is -0.330 e. The summed E-state index contributed by atoms with van der Waals surface area (Å²) in [6.07, 6.45) is 2.67. The zero-order chi connectivity index (χ0) is 14.1. The number of imidazole rings is 1. The van der Waals surface area contributed by atoms with Crippen LogP contribution in [0.1, 0.15) is 5.69 Å². The highest BCUT2D eigenvalue weighted by atomic mass is 32.1. The molecule has 104 valence electrons. The number of hydrogen-bond acceptors (Lipinski definition) is 4. The van der Waals surface area contributed by atoms with Gasteiger partial charge in [-0.25, -0.2) is 9.37 Å². The lowest BCUT2D eigenvalue weighted by Crippen LogP contribution is -2.15. The Labute approximate surface area is 120 Å². The summed E-state index contributed by atoms with van der Waals surface area (Å²) in [6.45, 7) is 0.530. The maximum Gasteiger partial charge on any atom is 0.195 e. The average molecular weight is 290 g/mol. The molecule has 0 amide bonds. The fraction of sp³-hybridized carbons (Fsp3) is 0.214. The van der Waals surface area contributed by atoms with Gasteiger partial charge in [0.25, 0.3) is 0 Å². The quantitative estimate of drug-likeness (QED) is 0.803. The lowest BCUT2D eigenvalue weighted by molar-refractivity contribution is 0.627. The molecule has 0 aliphatic rings. The van der Waals surface area contributed by atoms with E-state index in [1.165, 1.54) is 6.07 Å². The van der Waals surface area contributed by atoms with Crippen molar-refractivity contribution in [2.24, 2.45) is 5.73 Å². The number of nitrogens with two attached hydrogens (primary N) is 1. The van der Waals surface area contributed by atoms with Gasteiger partial charge in [-0.05, 0) is 18.7 Å². The molecule has 0 spiro atoms. The van der Waals surface area contributed by atoms with Crippen molar-refractivity contribution in [1.29, 1.82) is 0 Å². The van der Waals surface area contributed by atoms with Crippen LogP contribution in [0.15, 0.2) is 35.8 Å². The van der Waals surface area contributed by atoms with E-state index in [1.807, 2.05) is 29.1 Å². The normalized spacial score (nSPS) is 11.2. The number of para-hydroxylation sites is 1. The Balaban J connectivity index is 2.11. The highest BCUT2D eigenvalue weighted by Gasteiger charge is 2.18. The van der Waals surface area contributed by atoms with Crippen molar-refractivity contribution in [2.45, 2.75) is 6.42 Å². The van der Waals surface area contributed by atoms with Crippen molar-refractivity contribution < 1.29 is 4.39 Å². The third kappa shape index (κ3) is 2.07. The molecule has 2 N–H and O–H groups in total. The van der Waals surface area contributed by atoms with Gasteiger partial charge in [0.1, 0.15) is 5.82 Å². The first-order valence-corrected chi connectivity index (χ1v) is 7.23. The minimum atomic E-state index is -0.259. The van der Waals surface area contributed by atoms with E-state index in [4.69, 9.17) is 5.73 Å². The zero-order valence-electron chi connectivity index (χ0n) is 11.1. The molecule has 3 aromatic rings. The second kappa shape index (κ2) is 5.22. The van der Waals surface area contributed by atoms with Gasteiger partial charge in [-0.15, -0.1) is 11.3 Å². The molecular formula is C14H15FN4S. The zero-order valence-corrected chi connectivity index (χ0v) is 11.9. The molecule has 20 heavy (non-hydrogen) atoms. The smallest absolute Gasteiger partial charge is 0.195 e. The Morgan fingerprint density at radius 2 is 2.20 bits per heavy atom. The molecule has 0 atom stereocenters. The van der Waals surface area contributed by atoms with Gasteiger partial charge in [-0.3, -0.25) is 4.40 Å². The lowest BCUT2D eigenvalue weighted by Gasteiger charge is -2.19. The molecule has 1 aromatic carbocycles. The second-order valence-electron chi connectivity index (χ2n) is 4.49. The SMILES string of the molecule is CN(c1ccccc1F)c1nc2sccn2c1CCN. The second-order valence-corrected chi connectivity index (χ2v) is 5.36. The van der Waals surface area contributed by atoms with E-state index in [0.717, 1.165) is 16.5 Å². The summed E-state index contributed by atoms with van der Waals surface area (Å²) in [5.74, 6) is 0.498. The molecule has 2 aromatic heterocycles. The van der Waals surface area contributed by atoms with Crippen LogP contribution in [0, 0.1) is 5.82 Å². The van der Waals surface area contributed by atoms with Crippen molar-refractivity contribution in [1.82, 2.24) is 9.38 Å². The summed E-state index contributed by atoms with van der Waals surface area (Å²) in [5, 5.41) is 1.98. The largest absolute Gasteiger partial charge is 0.330 e. The highest BCUT2D eigenvalue weighted by molar-refractivity contribution is 7.15. The highest BCUT2D eigenvalue weighted by Crippen LogP contribution is 2.30. The third-order valence-electron chi connectivity index (χ3n) is 3.25. The summed E-state index contributed by atoms with van der Waals surface area (Å²) in [4.78, 5) is 7.27. The monoisotopic (exact) mass is 290 g/mol. The van der Waals surface area contributed by atoms with Crippen LogP contribution in [0.5, 0.6) is 0 Å². The molecule has 6 heteroatoms. The molecule has 0 saturated heterocycles. The fourth-order valence-corrected chi connectivity index (χ4v) is 3.02. The van der Waals surface area contributed by atoms with Crippen LogP contribution in [0.3, 0.4) is 0 Å². The van der Waals surface area contributed by atoms with E-state index >= 15 is 0 Å². The van der Waals surface area contributed by atoms with Gasteiger partial charge < -0.3 is 10.6 Å². The maximum atomic E-state index is 13.9. The molecule has 0 bridgehead atoms. The number of rotatable bonds is 4. The first-order chi connectivity index (χ1) is 9.72. The molecule has 2 heterocycles. The number of benzene rings is 1. The van der Waals surface area contributed by atoms with Crippen LogP contribution >= 0.6 is 11.3 Å². The average Bonchev–Trinajstić information content (AvgIpc) is 3.01. The molecule has 0 unspecified atom stereocenters. The van der Waals surface area contributed by atoms with E-state index in [0.29, 0.717) is 18.7 Å². The summed E-state index contributed by atoms with van der Waals surface area (Å²) >= 11 is 1.56. The number of anilines is 2. The van der Waals surface area contributed by atoms with Gasteiger partial charge >= 0.3 is 0 Å². The minimum absolute atomic E-state index is 0.259. The van der Waals surface area contributed by atoms with E-state index in [-0.39, 0.29) is 5.82 Å². The molecule has 0 saturated carbocycles. The summed E-state index contributed by atoms with van der Waals surface area (Å²) < 4.78 is 15.9. The van der Waals surface area contributed by atoms with E-state index in [1.54, 1.807) is 28.4 Å². The molecule has 0 aliphatic carbocycles. The Hall–Kier alpha value is -1.92. The van der Waals surface area contributed by atoms with Crippen molar-refractivity contribution in [3.63, 3.8) is 0 Å². The summed E-state index contributed by atoms with van der Waals surface area (Å²) in [5.41, 5.74) is 7.21. The van der Waals surface area contributed by atoms with Gasteiger partial charge in [0.05, 0.1) is 11.4 Å². The lowest BCUT2D eigenvalue weighted by atomic mass is 10.2. The molecule has 3 rings (SSSR count). The van der Waals surface area contributed by atoms with Crippen LogP contribution in [0.2, 0.25) is 0 Å². The van der Waals surface area contributed by atoms with Crippen molar-refractivity contribution in [3.05, 3.63) is 47.4 Å². The number of fused-ring (bicyclic) bond motifs is 1.